The molecule has 0 amide bonds. The first kappa shape index (κ1) is 11.0. The molecular formula is C11H17NO2. The summed E-state index contributed by atoms with van der Waals surface area (Å²) in [5.74, 6) is 0.772. The first-order chi connectivity index (χ1) is 6.65. The number of nitrogens with two attached hydrogens (primary N) is 1. The minimum Gasteiger partial charge on any atom is -0.491 e. The van der Waals surface area contributed by atoms with Gasteiger partial charge in [0.1, 0.15) is 12.4 Å². The Bertz CT molecular complexity index is 297. The standard InChI is InChI=1S/C11H17NO2/c1-8-3-4-10(9(2)12)11(7-8)14-6-5-13/h3-4,7,9,13H,5-6,12H2,1-2H3/t9-/m0/s1. The second-order valence-corrected chi connectivity index (χ2v) is 3.40. The predicted octanol–water partition coefficient (Wildman–Crippen LogP) is 1.39. The molecule has 0 aliphatic rings. The summed E-state index contributed by atoms with van der Waals surface area (Å²) in [6, 6.07) is 5.86. The molecule has 1 rings (SSSR count). The van der Waals surface area contributed by atoms with Crippen LogP contribution < -0.4 is 10.5 Å². The topological polar surface area (TPSA) is 55.5 Å². The lowest BCUT2D eigenvalue weighted by molar-refractivity contribution is 0.200. The van der Waals surface area contributed by atoms with Crippen LogP contribution in [0.4, 0.5) is 0 Å². The molecule has 0 bridgehead atoms. The van der Waals surface area contributed by atoms with Crippen molar-refractivity contribution in [3.05, 3.63) is 29.3 Å². The lowest BCUT2D eigenvalue weighted by Crippen LogP contribution is -2.10. The highest BCUT2D eigenvalue weighted by Crippen LogP contribution is 2.24. The molecule has 0 saturated carbocycles. The maximum Gasteiger partial charge on any atom is 0.124 e. The lowest BCUT2D eigenvalue weighted by atomic mass is 10.1. The quantitative estimate of drug-likeness (QED) is 0.763. The van der Waals surface area contributed by atoms with E-state index in [-0.39, 0.29) is 12.6 Å². The van der Waals surface area contributed by atoms with E-state index >= 15 is 0 Å². The zero-order valence-electron chi connectivity index (χ0n) is 8.66. The second-order valence-electron chi connectivity index (χ2n) is 3.40. The number of aryl methyl sites for hydroxylation is 1. The maximum absolute atomic E-state index is 8.67. The van der Waals surface area contributed by atoms with Crippen molar-refractivity contribution in [3.63, 3.8) is 0 Å². The van der Waals surface area contributed by atoms with Crippen LogP contribution >= 0.6 is 0 Å². The molecule has 0 saturated heterocycles. The van der Waals surface area contributed by atoms with Crippen molar-refractivity contribution in [2.75, 3.05) is 13.2 Å². The Balaban J connectivity index is 2.91. The molecule has 0 heterocycles. The van der Waals surface area contributed by atoms with Crippen molar-refractivity contribution in [2.24, 2.45) is 5.73 Å². The molecule has 0 unspecified atom stereocenters. The summed E-state index contributed by atoms with van der Waals surface area (Å²) < 4.78 is 5.40. The van der Waals surface area contributed by atoms with Gasteiger partial charge in [0.25, 0.3) is 0 Å². The lowest BCUT2D eigenvalue weighted by Gasteiger charge is -2.13. The molecule has 14 heavy (non-hydrogen) atoms. The average molecular weight is 195 g/mol. The Labute approximate surface area is 84.5 Å². The van der Waals surface area contributed by atoms with Gasteiger partial charge in [-0.2, -0.15) is 0 Å². The molecule has 0 aromatic heterocycles. The van der Waals surface area contributed by atoms with Crippen LogP contribution in [0.25, 0.3) is 0 Å². The zero-order valence-corrected chi connectivity index (χ0v) is 8.66. The molecule has 0 aliphatic heterocycles. The third-order valence-corrected chi connectivity index (χ3v) is 2.01. The van der Waals surface area contributed by atoms with Gasteiger partial charge in [-0.25, -0.2) is 0 Å². The molecule has 1 aromatic carbocycles. The van der Waals surface area contributed by atoms with Gasteiger partial charge in [0.15, 0.2) is 0 Å². The number of aliphatic hydroxyl groups excluding tert-OH is 1. The number of rotatable bonds is 4. The molecular weight excluding hydrogens is 178 g/mol. The summed E-state index contributed by atoms with van der Waals surface area (Å²) >= 11 is 0. The van der Waals surface area contributed by atoms with E-state index in [2.05, 4.69) is 0 Å². The summed E-state index contributed by atoms with van der Waals surface area (Å²) in [5.41, 5.74) is 7.90. The fourth-order valence-corrected chi connectivity index (χ4v) is 1.30. The summed E-state index contributed by atoms with van der Waals surface area (Å²) in [6.45, 7) is 4.24. The van der Waals surface area contributed by atoms with Crippen molar-refractivity contribution in [1.29, 1.82) is 0 Å². The van der Waals surface area contributed by atoms with Gasteiger partial charge in [-0.05, 0) is 25.5 Å². The second kappa shape index (κ2) is 4.98. The molecule has 1 aromatic rings. The van der Waals surface area contributed by atoms with Gasteiger partial charge in [0, 0.05) is 11.6 Å². The van der Waals surface area contributed by atoms with Crippen molar-refractivity contribution >= 4 is 0 Å². The van der Waals surface area contributed by atoms with E-state index in [4.69, 9.17) is 15.6 Å². The first-order valence-corrected chi connectivity index (χ1v) is 4.75. The van der Waals surface area contributed by atoms with Gasteiger partial charge in [-0.15, -0.1) is 0 Å². The van der Waals surface area contributed by atoms with Crippen LogP contribution in [-0.4, -0.2) is 18.3 Å². The molecule has 3 N–H and O–H groups in total. The van der Waals surface area contributed by atoms with E-state index in [0.29, 0.717) is 6.61 Å². The number of aliphatic hydroxyl groups is 1. The molecule has 3 heteroatoms. The molecule has 1 atom stereocenters. The highest BCUT2D eigenvalue weighted by Gasteiger charge is 2.07. The van der Waals surface area contributed by atoms with Crippen molar-refractivity contribution in [2.45, 2.75) is 19.9 Å². The van der Waals surface area contributed by atoms with Crippen molar-refractivity contribution in [3.8, 4) is 5.75 Å². The number of hydrogen-bond acceptors (Lipinski definition) is 3. The fraction of sp³-hybridized carbons (Fsp3) is 0.455. The van der Waals surface area contributed by atoms with Crippen LogP contribution in [0.15, 0.2) is 18.2 Å². The highest BCUT2D eigenvalue weighted by molar-refractivity contribution is 5.38. The summed E-state index contributed by atoms with van der Waals surface area (Å²) in [6.07, 6.45) is 0. The minimum absolute atomic E-state index is 0.0202. The maximum atomic E-state index is 8.67. The predicted molar refractivity (Wildman–Crippen MR) is 56.4 cm³/mol. The third kappa shape index (κ3) is 2.72. The third-order valence-electron chi connectivity index (χ3n) is 2.01. The Morgan fingerprint density at radius 1 is 1.50 bits per heavy atom. The van der Waals surface area contributed by atoms with Crippen LogP contribution in [0, 0.1) is 6.92 Å². The van der Waals surface area contributed by atoms with Gasteiger partial charge in [-0.3, -0.25) is 0 Å². The van der Waals surface area contributed by atoms with Gasteiger partial charge in [0.05, 0.1) is 6.61 Å². The van der Waals surface area contributed by atoms with E-state index < -0.39 is 0 Å². The van der Waals surface area contributed by atoms with Gasteiger partial charge in [0.2, 0.25) is 0 Å². The van der Waals surface area contributed by atoms with E-state index in [1.165, 1.54) is 0 Å². The average Bonchev–Trinajstić information content (AvgIpc) is 2.14. The van der Waals surface area contributed by atoms with E-state index in [0.717, 1.165) is 16.9 Å². The Kier molecular flexibility index (Phi) is 3.92. The number of benzene rings is 1. The van der Waals surface area contributed by atoms with Crippen LogP contribution in [-0.2, 0) is 0 Å². The molecule has 3 nitrogen and oxygen atoms in total. The van der Waals surface area contributed by atoms with Crippen LogP contribution in [0.2, 0.25) is 0 Å². The van der Waals surface area contributed by atoms with E-state index in [1.54, 1.807) is 0 Å². The minimum atomic E-state index is -0.0516. The molecule has 0 radical (unpaired) electrons. The number of hydrogen-bond donors (Lipinski definition) is 2. The molecule has 0 aliphatic carbocycles. The van der Waals surface area contributed by atoms with Crippen molar-refractivity contribution in [1.82, 2.24) is 0 Å². The monoisotopic (exact) mass is 195 g/mol. The molecule has 0 spiro atoms. The Morgan fingerprint density at radius 3 is 2.79 bits per heavy atom. The largest absolute Gasteiger partial charge is 0.491 e. The van der Waals surface area contributed by atoms with Gasteiger partial charge >= 0.3 is 0 Å². The van der Waals surface area contributed by atoms with Crippen molar-refractivity contribution < 1.29 is 9.84 Å². The Hall–Kier alpha value is -1.06. The van der Waals surface area contributed by atoms with Gasteiger partial charge < -0.3 is 15.6 Å². The van der Waals surface area contributed by atoms with E-state index in [1.807, 2.05) is 32.0 Å². The normalized spacial score (nSPS) is 12.6. The molecule has 0 fully saturated rings. The zero-order chi connectivity index (χ0) is 10.6. The van der Waals surface area contributed by atoms with E-state index in [9.17, 15) is 0 Å². The highest BCUT2D eigenvalue weighted by atomic mass is 16.5. The number of ether oxygens (including phenoxy) is 1. The summed E-state index contributed by atoms with van der Waals surface area (Å²) in [7, 11) is 0. The Morgan fingerprint density at radius 2 is 2.21 bits per heavy atom. The first-order valence-electron chi connectivity index (χ1n) is 4.75. The molecule has 78 valence electrons. The fourth-order valence-electron chi connectivity index (χ4n) is 1.30. The van der Waals surface area contributed by atoms with Crippen LogP contribution in [0.1, 0.15) is 24.1 Å². The van der Waals surface area contributed by atoms with Crippen LogP contribution in [0.3, 0.4) is 0 Å². The smallest absolute Gasteiger partial charge is 0.124 e. The summed E-state index contributed by atoms with van der Waals surface area (Å²) in [4.78, 5) is 0. The van der Waals surface area contributed by atoms with Crippen LogP contribution in [0.5, 0.6) is 5.75 Å². The SMILES string of the molecule is Cc1ccc([C@H](C)N)c(OCCO)c1. The van der Waals surface area contributed by atoms with Gasteiger partial charge in [-0.1, -0.05) is 12.1 Å². The summed E-state index contributed by atoms with van der Waals surface area (Å²) in [5, 5.41) is 8.67.